The SMILES string of the molecule is CCCCC/C=C\[C@](C)(C#N)O[Si](C)(C)C. The zero-order valence-electron chi connectivity index (χ0n) is 11.3. The van der Waals surface area contributed by atoms with Crippen LogP contribution in [0.1, 0.15) is 39.5 Å². The van der Waals surface area contributed by atoms with Gasteiger partial charge in [-0.05, 0) is 45.5 Å². The molecule has 0 bridgehead atoms. The lowest BCUT2D eigenvalue weighted by Crippen LogP contribution is -2.38. The van der Waals surface area contributed by atoms with Crippen LogP contribution in [0.2, 0.25) is 19.6 Å². The lowest BCUT2D eigenvalue weighted by atomic mass is 10.1. The molecule has 0 fully saturated rings. The summed E-state index contributed by atoms with van der Waals surface area (Å²) in [5, 5.41) is 9.15. The lowest BCUT2D eigenvalue weighted by molar-refractivity contribution is 0.192. The van der Waals surface area contributed by atoms with Gasteiger partial charge in [0, 0.05) is 0 Å². The number of allylic oxidation sites excluding steroid dienone is 1. The van der Waals surface area contributed by atoms with Crippen LogP contribution in [0.25, 0.3) is 0 Å². The first-order chi connectivity index (χ1) is 7.33. The van der Waals surface area contributed by atoms with E-state index in [0.29, 0.717) is 0 Å². The average Bonchev–Trinajstić information content (AvgIpc) is 2.15. The van der Waals surface area contributed by atoms with E-state index < -0.39 is 13.9 Å². The van der Waals surface area contributed by atoms with Gasteiger partial charge in [-0.2, -0.15) is 5.26 Å². The second-order valence-electron chi connectivity index (χ2n) is 5.33. The molecule has 0 rings (SSSR count). The summed E-state index contributed by atoms with van der Waals surface area (Å²) in [5.41, 5.74) is -0.739. The van der Waals surface area contributed by atoms with Crippen molar-refractivity contribution in [3.8, 4) is 6.07 Å². The van der Waals surface area contributed by atoms with Gasteiger partial charge in [0.2, 0.25) is 0 Å². The fourth-order valence-electron chi connectivity index (χ4n) is 1.55. The number of hydrogen-bond donors (Lipinski definition) is 0. The highest BCUT2D eigenvalue weighted by Gasteiger charge is 2.28. The fourth-order valence-corrected chi connectivity index (χ4v) is 2.94. The van der Waals surface area contributed by atoms with Crippen LogP contribution in [0.5, 0.6) is 0 Å². The topological polar surface area (TPSA) is 33.0 Å². The number of nitriles is 1. The van der Waals surface area contributed by atoms with Gasteiger partial charge in [-0.15, -0.1) is 0 Å². The molecule has 92 valence electrons. The number of hydrogen-bond acceptors (Lipinski definition) is 2. The van der Waals surface area contributed by atoms with Crippen molar-refractivity contribution in [2.24, 2.45) is 0 Å². The molecular formula is C13H25NOSi. The molecule has 0 aliphatic rings. The van der Waals surface area contributed by atoms with Crippen molar-refractivity contribution in [3.63, 3.8) is 0 Å². The molecule has 0 spiro atoms. The fraction of sp³-hybridized carbons (Fsp3) is 0.769. The van der Waals surface area contributed by atoms with Crippen molar-refractivity contribution >= 4 is 8.32 Å². The van der Waals surface area contributed by atoms with Crippen molar-refractivity contribution in [3.05, 3.63) is 12.2 Å². The van der Waals surface area contributed by atoms with Crippen molar-refractivity contribution in [1.29, 1.82) is 5.26 Å². The number of unbranched alkanes of at least 4 members (excludes halogenated alkanes) is 3. The third-order valence-electron chi connectivity index (χ3n) is 2.15. The van der Waals surface area contributed by atoms with Crippen LogP contribution < -0.4 is 0 Å². The van der Waals surface area contributed by atoms with Gasteiger partial charge >= 0.3 is 0 Å². The predicted molar refractivity (Wildman–Crippen MR) is 71.7 cm³/mol. The molecule has 0 aliphatic heterocycles. The van der Waals surface area contributed by atoms with Gasteiger partial charge in [0.05, 0.1) is 0 Å². The third kappa shape index (κ3) is 7.67. The highest BCUT2D eigenvalue weighted by molar-refractivity contribution is 6.69. The first-order valence-corrected chi connectivity index (χ1v) is 9.53. The van der Waals surface area contributed by atoms with Crippen LogP contribution in [0.15, 0.2) is 12.2 Å². The van der Waals surface area contributed by atoms with Crippen molar-refractivity contribution < 1.29 is 4.43 Å². The summed E-state index contributed by atoms with van der Waals surface area (Å²) in [5.74, 6) is 0. The summed E-state index contributed by atoms with van der Waals surface area (Å²) in [7, 11) is -1.66. The molecule has 0 radical (unpaired) electrons. The van der Waals surface area contributed by atoms with E-state index in [9.17, 15) is 0 Å². The molecule has 3 heteroatoms. The second-order valence-corrected chi connectivity index (χ2v) is 9.76. The van der Waals surface area contributed by atoms with E-state index in [1.165, 1.54) is 19.3 Å². The van der Waals surface area contributed by atoms with E-state index in [4.69, 9.17) is 9.69 Å². The lowest BCUT2D eigenvalue weighted by Gasteiger charge is -2.27. The van der Waals surface area contributed by atoms with Gasteiger partial charge in [0.1, 0.15) is 6.07 Å². The van der Waals surface area contributed by atoms with Gasteiger partial charge in [0.25, 0.3) is 0 Å². The monoisotopic (exact) mass is 239 g/mol. The third-order valence-corrected chi connectivity index (χ3v) is 3.19. The standard InChI is InChI=1S/C13H25NOSi/c1-6-7-8-9-10-11-13(2,12-14)15-16(3,4)5/h10-11H,6-9H2,1-5H3/b11-10-/t13-/m1/s1. The molecule has 0 saturated heterocycles. The summed E-state index contributed by atoms with van der Waals surface area (Å²) < 4.78 is 5.87. The van der Waals surface area contributed by atoms with E-state index >= 15 is 0 Å². The maximum Gasteiger partial charge on any atom is 0.186 e. The van der Waals surface area contributed by atoms with Crippen LogP contribution >= 0.6 is 0 Å². The minimum absolute atomic E-state index is 0.739. The Hall–Kier alpha value is -0.593. The van der Waals surface area contributed by atoms with Gasteiger partial charge in [-0.1, -0.05) is 25.8 Å². The van der Waals surface area contributed by atoms with Crippen molar-refractivity contribution in [2.45, 2.75) is 64.8 Å². The van der Waals surface area contributed by atoms with Crippen LogP contribution in [-0.2, 0) is 4.43 Å². The van der Waals surface area contributed by atoms with Gasteiger partial charge in [-0.25, -0.2) is 0 Å². The van der Waals surface area contributed by atoms with Crippen molar-refractivity contribution in [2.75, 3.05) is 0 Å². The minimum atomic E-state index is -1.66. The largest absolute Gasteiger partial charge is 0.397 e. The molecule has 0 amide bonds. The Morgan fingerprint density at radius 1 is 1.31 bits per heavy atom. The highest BCUT2D eigenvalue weighted by Crippen LogP contribution is 2.19. The summed E-state index contributed by atoms with van der Waals surface area (Å²) >= 11 is 0. The Bertz CT molecular complexity index is 262. The first-order valence-electron chi connectivity index (χ1n) is 6.12. The second kappa shape index (κ2) is 6.88. The van der Waals surface area contributed by atoms with E-state index in [2.05, 4.69) is 38.7 Å². The molecule has 0 aromatic carbocycles. The quantitative estimate of drug-likeness (QED) is 0.378. The molecule has 1 atom stereocenters. The molecule has 0 saturated carbocycles. The van der Waals surface area contributed by atoms with Gasteiger partial charge < -0.3 is 4.43 Å². The van der Waals surface area contributed by atoms with E-state index in [-0.39, 0.29) is 0 Å². The molecule has 0 N–H and O–H groups in total. The van der Waals surface area contributed by atoms with Gasteiger partial charge in [0.15, 0.2) is 13.9 Å². The summed E-state index contributed by atoms with van der Waals surface area (Å²) in [6.07, 6.45) is 8.72. The number of rotatable bonds is 7. The molecule has 16 heavy (non-hydrogen) atoms. The summed E-state index contributed by atoms with van der Waals surface area (Å²) in [6, 6.07) is 2.25. The highest BCUT2D eigenvalue weighted by atomic mass is 28.4. The normalized spacial score (nSPS) is 16.0. The van der Waals surface area contributed by atoms with Crippen LogP contribution in [0.4, 0.5) is 0 Å². The summed E-state index contributed by atoms with van der Waals surface area (Å²) in [4.78, 5) is 0. The molecule has 0 aromatic rings. The number of nitrogens with zero attached hydrogens (tertiary/aromatic N) is 1. The summed E-state index contributed by atoms with van der Waals surface area (Å²) in [6.45, 7) is 10.4. The van der Waals surface area contributed by atoms with Crippen LogP contribution in [-0.4, -0.2) is 13.9 Å². The predicted octanol–water partition coefficient (Wildman–Crippen LogP) is 4.26. The van der Waals surface area contributed by atoms with Crippen LogP contribution in [0, 0.1) is 11.3 Å². The molecule has 0 aromatic heterocycles. The molecule has 0 unspecified atom stereocenters. The Balaban J connectivity index is 4.22. The Morgan fingerprint density at radius 3 is 2.38 bits per heavy atom. The molecule has 2 nitrogen and oxygen atoms in total. The maximum atomic E-state index is 9.15. The zero-order valence-corrected chi connectivity index (χ0v) is 12.3. The van der Waals surface area contributed by atoms with Crippen LogP contribution in [0.3, 0.4) is 0 Å². The van der Waals surface area contributed by atoms with E-state index in [1.54, 1.807) is 0 Å². The molecular weight excluding hydrogens is 214 g/mol. The Kier molecular flexibility index (Phi) is 6.62. The average molecular weight is 239 g/mol. The van der Waals surface area contributed by atoms with E-state index in [0.717, 1.165) is 6.42 Å². The maximum absolute atomic E-state index is 9.15. The minimum Gasteiger partial charge on any atom is -0.397 e. The van der Waals surface area contributed by atoms with Gasteiger partial charge in [-0.3, -0.25) is 0 Å². The smallest absolute Gasteiger partial charge is 0.186 e. The first kappa shape index (κ1) is 15.4. The molecule has 0 heterocycles. The Morgan fingerprint density at radius 2 is 1.94 bits per heavy atom. The zero-order chi connectivity index (χ0) is 12.7. The Labute approximate surface area is 101 Å². The van der Waals surface area contributed by atoms with E-state index in [1.807, 2.05) is 13.0 Å². The molecule has 0 aliphatic carbocycles. The van der Waals surface area contributed by atoms with Crippen molar-refractivity contribution in [1.82, 2.24) is 0 Å².